The first-order valence-corrected chi connectivity index (χ1v) is 8.53. The molecule has 0 amide bonds. The first kappa shape index (κ1) is 19.7. The number of allylic oxidation sites excluding steroid dienone is 2. The van der Waals surface area contributed by atoms with Crippen molar-refractivity contribution in [2.45, 2.75) is 71.6 Å². The highest BCUT2D eigenvalue weighted by molar-refractivity contribution is 4.96. The second-order valence-corrected chi connectivity index (χ2v) is 5.94. The maximum atomic E-state index is 5.11. The van der Waals surface area contributed by atoms with E-state index in [1.807, 2.05) is 0 Å². The molecule has 1 unspecified atom stereocenters. The van der Waals surface area contributed by atoms with Gasteiger partial charge in [0.25, 0.3) is 0 Å². The molecule has 20 heavy (non-hydrogen) atoms. The largest absolute Gasteiger partial charge is 0.385 e. The molecule has 0 radical (unpaired) electrons. The van der Waals surface area contributed by atoms with Crippen LogP contribution in [0.15, 0.2) is 11.6 Å². The molecule has 0 aromatic rings. The van der Waals surface area contributed by atoms with Gasteiger partial charge in [-0.05, 0) is 58.5 Å². The fraction of sp³-hybridized carbons (Fsp3) is 0.889. The van der Waals surface area contributed by atoms with E-state index < -0.39 is 0 Å². The average molecular weight is 283 g/mol. The molecule has 2 nitrogen and oxygen atoms in total. The summed E-state index contributed by atoms with van der Waals surface area (Å²) in [7, 11) is 3.85. The molecule has 0 aromatic carbocycles. The Morgan fingerprint density at radius 3 is 2.50 bits per heavy atom. The molecule has 0 saturated carbocycles. The summed E-state index contributed by atoms with van der Waals surface area (Å²) >= 11 is 0. The highest BCUT2D eigenvalue weighted by Gasteiger charge is 2.07. The third-order valence-electron chi connectivity index (χ3n) is 4.13. The second-order valence-electron chi connectivity index (χ2n) is 5.94. The average Bonchev–Trinajstić information content (AvgIpc) is 2.47. The predicted octanol–water partition coefficient (Wildman–Crippen LogP) is 4.95. The number of rotatable bonds is 14. The zero-order chi connectivity index (χ0) is 15.1. The molecule has 0 aliphatic carbocycles. The summed E-state index contributed by atoms with van der Waals surface area (Å²) in [6, 6.07) is 0. The maximum Gasteiger partial charge on any atom is 0.0462 e. The van der Waals surface area contributed by atoms with Gasteiger partial charge in [-0.3, -0.25) is 0 Å². The fourth-order valence-electron chi connectivity index (χ4n) is 2.54. The number of hydrogen-bond acceptors (Lipinski definition) is 2. The number of nitrogens with one attached hydrogen (secondary N) is 1. The van der Waals surface area contributed by atoms with Gasteiger partial charge in [-0.25, -0.2) is 0 Å². The quantitative estimate of drug-likeness (QED) is 0.360. The Morgan fingerprint density at radius 2 is 1.85 bits per heavy atom. The monoisotopic (exact) mass is 283 g/mol. The maximum absolute atomic E-state index is 5.11. The van der Waals surface area contributed by atoms with Crippen LogP contribution in [0.4, 0.5) is 0 Å². The smallest absolute Gasteiger partial charge is 0.0462 e. The molecule has 0 rings (SSSR count). The van der Waals surface area contributed by atoms with Crippen molar-refractivity contribution in [2.75, 3.05) is 27.3 Å². The van der Waals surface area contributed by atoms with Crippen molar-refractivity contribution in [3.63, 3.8) is 0 Å². The Morgan fingerprint density at radius 1 is 1.10 bits per heavy atom. The van der Waals surface area contributed by atoms with Gasteiger partial charge in [0, 0.05) is 13.7 Å². The number of unbranched alkanes of at least 4 members (excludes halogenated alkanes) is 3. The van der Waals surface area contributed by atoms with E-state index in [1.54, 1.807) is 7.11 Å². The van der Waals surface area contributed by atoms with Gasteiger partial charge in [0.05, 0.1) is 0 Å². The first-order chi connectivity index (χ1) is 9.74. The van der Waals surface area contributed by atoms with E-state index in [9.17, 15) is 0 Å². The van der Waals surface area contributed by atoms with Gasteiger partial charge in [-0.15, -0.1) is 0 Å². The summed E-state index contributed by atoms with van der Waals surface area (Å²) in [6.07, 6.45) is 14.2. The lowest BCUT2D eigenvalue weighted by molar-refractivity contribution is 0.191. The van der Waals surface area contributed by atoms with Crippen LogP contribution in [0.3, 0.4) is 0 Å². The molecule has 1 atom stereocenters. The van der Waals surface area contributed by atoms with Crippen LogP contribution in [0.5, 0.6) is 0 Å². The van der Waals surface area contributed by atoms with Crippen LogP contribution in [-0.2, 0) is 4.74 Å². The van der Waals surface area contributed by atoms with Crippen molar-refractivity contribution in [1.82, 2.24) is 5.32 Å². The minimum Gasteiger partial charge on any atom is -0.385 e. The molecule has 0 saturated heterocycles. The fourth-order valence-corrected chi connectivity index (χ4v) is 2.54. The van der Waals surface area contributed by atoms with Gasteiger partial charge in [-0.1, -0.05) is 44.3 Å². The zero-order valence-corrected chi connectivity index (χ0v) is 14.3. The summed E-state index contributed by atoms with van der Waals surface area (Å²) in [5, 5.41) is 3.29. The molecule has 1 N–H and O–H groups in total. The Bertz CT molecular complexity index is 225. The van der Waals surface area contributed by atoms with E-state index in [4.69, 9.17) is 4.74 Å². The third-order valence-corrected chi connectivity index (χ3v) is 4.13. The predicted molar refractivity (Wildman–Crippen MR) is 90.3 cm³/mol. The molecule has 120 valence electrons. The van der Waals surface area contributed by atoms with Crippen LogP contribution in [0.1, 0.15) is 71.6 Å². The van der Waals surface area contributed by atoms with Crippen LogP contribution in [0.25, 0.3) is 0 Å². The van der Waals surface area contributed by atoms with E-state index in [0.29, 0.717) is 0 Å². The third kappa shape index (κ3) is 12.7. The van der Waals surface area contributed by atoms with Crippen LogP contribution < -0.4 is 5.32 Å². The standard InChI is InChI=1S/C18H37NO/c1-5-17(2)11-8-9-13-18(14-15-19-3)12-7-6-10-16-20-4/h11,18-19H,5-10,12-16H2,1-4H3/b17-11-. The molecule has 0 aliphatic rings. The van der Waals surface area contributed by atoms with Crippen LogP contribution >= 0.6 is 0 Å². The van der Waals surface area contributed by atoms with Crippen molar-refractivity contribution < 1.29 is 4.74 Å². The molecular weight excluding hydrogens is 246 g/mol. The van der Waals surface area contributed by atoms with Gasteiger partial charge in [-0.2, -0.15) is 0 Å². The normalized spacial score (nSPS) is 13.7. The summed E-state index contributed by atoms with van der Waals surface area (Å²) in [5.74, 6) is 0.903. The van der Waals surface area contributed by atoms with Crippen LogP contribution in [-0.4, -0.2) is 27.3 Å². The minimum absolute atomic E-state index is 0.903. The van der Waals surface area contributed by atoms with Crippen molar-refractivity contribution in [3.8, 4) is 0 Å². The minimum atomic E-state index is 0.903. The SMILES string of the molecule is CC/C(C)=C\CCCC(CCCCCOC)CCNC. The van der Waals surface area contributed by atoms with E-state index in [2.05, 4.69) is 32.3 Å². The summed E-state index contributed by atoms with van der Waals surface area (Å²) in [4.78, 5) is 0. The highest BCUT2D eigenvalue weighted by Crippen LogP contribution is 2.20. The number of hydrogen-bond donors (Lipinski definition) is 1. The van der Waals surface area contributed by atoms with E-state index in [0.717, 1.165) is 19.1 Å². The van der Waals surface area contributed by atoms with Crippen molar-refractivity contribution in [1.29, 1.82) is 0 Å². The molecule has 0 spiro atoms. The van der Waals surface area contributed by atoms with Gasteiger partial charge >= 0.3 is 0 Å². The molecule has 0 aromatic heterocycles. The van der Waals surface area contributed by atoms with Gasteiger partial charge < -0.3 is 10.1 Å². The van der Waals surface area contributed by atoms with Crippen LogP contribution in [0, 0.1) is 5.92 Å². The van der Waals surface area contributed by atoms with Crippen molar-refractivity contribution in [3.05, 3.63) is 11.6 Å². The molecular formula is C18H37NO. The van der Waals surface area contributed by atoms with E-state index >= 15 is 0 Å². The number of methoxy groups -OCH3 is 1. The van der Waals surface area contributed by atoms with E-state index in [-0.39, 0.29) is 0 Å². The van der Waals surface area contributed by atoms with Gasteiger partial charge in [0.15, 0.2) is 0 Å². The molecule has 2 heteroatoms. The Labute approximate surface area is 127 Å². The molecule has 0 bridgehead atoms. The lowest BCUT2D eigenvalue weighted by Crippen LogP contribution is -2.13. The summed E-state index contributed by atoms with van der Waals surface area (Å²) in [6.45, 7) is 6.56. The lowest BCUT2D eigenvalue weighted by Gasteiger charge is -2.16. The van der Waals surface area contributed by atoms with E-state index in [1.165, 1.54) is 63.4 Å². The lowest BCUT2D eigenvalue weighted by atomic mass is 9.92. The molecule has 0 aliphatic heterocycles. The summed E-state index contributed by atoms with van der Waals surface area (Å²) < 4.78 is 5.11. The van der Waals surface area contributed by atoms with Crippen molar-refractivity contribution in [2.24, 2.45) is 5.92 Å². The van der Waals surface area contributed by atoms with Crippen molar-refractivity contribution >= 4 is 0 Å². The second kappa shape index (κ2) is 15.1. The van der Waals surface area contributed by atoms with Crippen LogP contribution in [0.2, 0.25) is 0 Å². The molecule has 0 heterocycles. The summed E-state index contributed by atoms with van der Waals surface area (Å²) in [5.41, 5.74) is 1.54. The topological polar surface area (TPSA) is 21.3 Å². The van der Waals surface area contributed by atoms with Gasteiger partial charge in [0.2, 0.25) is 0 Å². The zero-order valence-electron chi connectivity index (χ0n) is 14.3. The Hall–Kier alpha value is -0.340. The number of ether oxygens (including phenoxy) is 1. The van der Waals surface area contributed by atoms with Gasteiger partial charge in [0.1, 0.15) is 0 Å². The molecule has 0 fully saturated rings. The highest BCUT2D eigenvalue weighted by atomic mass is 16.5. The Kier molecular flexibility index (Phi) is 14.8. The first-order valence-electron chi connectivity index (χ1n) is 8.53. The Balaban J connectivity index is 3.77.